The molecule has 0 bridgehead atoms. The molecule has 3 heterocycles. The molecular formula is C18H25ClN4O3. The van der Waals surface area contributed by atoms with Gasteiger partial charge in [-0.3, -0.25) is 0 Å². The zero-order valence-corrected chi connectivity index (χ0v) is 15.5. The van der Waals surface area contributed by atoms with Crippen LogP contribution in [0.2, 0.25) is 0 Å². The summed E-state index contributed by atoms with van der Waals surface area (Å²) in [5.74, 6) is 1.15. The highest BCUT2D eigenvalue weighted by Gasteiger charge is 2.26. The smallest absolute Gasteiger partial charge is 0.350 e. The molecule has 26 heavy (non-hydrogen) atoms. The van der Waals surface area contributed by atoms with Crippen LogP contribution in [0, 0.1) is 0 Å². The van der Waals surface area contributed by atoms with Gasteiger partial charge in [0.2, 0.25) is 0 Å². The van der Waals surface area contributed by atoms with Gasteiger partial charge in [0.15, 0.2) is 0 Å². The van der Waals surface area contributed by atoms with Crippen molar-refractivity contribution in [3.05, 3.63) is 46.6 Å². The van der Waals surface area contributed by atoms with Gasteiger partial charge < -0.3 is 14.8 Å². The predicted octanol–water partition coefficient (Wildman–Crippen LogP) is 1.34. The molecule has 1 aromatic heterocycles. The van der Waals surface area contributed by atoms with E-state index in [-0.39, 0.29) is 24.2 Å². The first-order valence-corrected chi connectivity index (χ1v) is 8.98. The van der Waals surface area contributed by atoms with Crippen LogP contribution in [0.5, 0.6) is 0 Å². The molecule has 1 aromatic carbocycles. The average Bonchev–Trinajstić information content (AvgIpc) is 3.00. The Morgan fingerprint density at radius 1 is 1.15 bits per heavy atom. The number of para-hydroxylation sites is 1. The summed E-state index contributed by atoms with van der Waals surface area (Å²) in [5.41, 5.74) is 0.766. The summed E-state index contributed by atoms with van der Waals surface area (Å²) >= 11 is 0. The number of nitrogens with zero attached hydrogens (tertiary/aromatic N) is 3. The average molecular weight is 381 g/mol. The van der Waals surface area contributed by atoms with Crippen molar-refractivity contribution in [2.24, 2.45) is 0 Å². The number of ether oxygens (including phenoxy) is 2. The molecule has 8 heteroatoms. The second kappa shape index (κ2) is 8.81. The van der Waals surface area contributed by atoms with Crippen molar-refractivity contribution in [1.82, 2.24) is 19.7 Å². The van der Waals surface area contributed by atoms with E-state index in [1.807, 2.05) is 30.3 Å². The molecular weight excluding hydrogens is 356 g/mol. The molecule has 2 aliphatic heterocycles. The molecule has 2 aromatic rings. The van der Waals surface area contributed by atoms with Gasteiger partial charge in [0.1, 0.15) is 11.9 Å². The number of nitrogens with one attached hydrogen (secondary N) is 1. The summed E-state index contributed by atoms with van der Waals surface area (Å²) in [7, 11) is 0. The molecule has 1 unspecified atom stereocenters. The van der Waals surface area contributed by atoms with Crippen molar-refractivity contribution in [3.8, 4) is 5.69 Å². The highest BCUT2D eigenvalue weighted by atomic mass is 35.5. The molecule has 4 rings (SSSR count). The molecule has 7 nitrogen and oxygen atoms in total. The van der Waals surface area contributed by atoms with E-state index in [0.29, 0.717) is 32.3 Å². The van der Waals surface area contributed by atoms with E-state index < -0.39 is 0 Å². The molecule has 2 aliphatic rings. The van der Waals surface area contributed by atoms with Gasteiger partial charge in [-0.1, -0.05) is 18.2 Å². The predicted molar refractivity (Wildman–Crippen MR) is 100 cm³/mol. The van der Waals surface area contributed by atoms with Crippen LogP contribution in [-0.4, -0.2) is 53.4 Å². The SMILES string of the molecule is Cl.O=c1n(CC2COCCO2)nc(C2CCNCC2)n1-c1ccccc1. The highest BCUT2D eigenvalue weighted by molar-refractivity contribution is 5.85. The minimum absolute atomic E-state index is 0. The van der Waals surface area contributed by atoms with Gasteiger partial charge in [0, 0.05) is 5.92 Å². The maximum atomic E-state index is 13.1. The van der Waals surface area contributed by atoms with E-state index in [2.05, 4.69) is 5.32 Å². The summed E-state index contributed by atoms with van der Waals surface area (Å²) in [6, 6.07) is 9.76. The van der Waals surface area contributed by atoms with Crippen LogP contribution in [0.25, 0.3) is 5.69 Å². The Bertz CT molecular complexity index is 750. The van der Waals surface area contributed by atoms with Crippen molar-refractivity contribution < 1.29 is 9.47 Å². The zero-order chi connectivity index (χ0) is 17.1. The number of hydrogen-bond donors (Lipinski definition) is 1. The molecule has 0 radical (unpaired) electrons. The van der Waals surface area contributed by atoms with Gasteiger partial charge >= 0.3 is 5.69 Å². The molecule has 0 saturated carbocycles. The Morgan fingerprint density at radius 2 is 1.92 bits per heavy atom. The van der Waals surface area contributed by atoms with E-state index in [4.69, 9.17) is 14.6 Å². The molecule has 0 spiro atoms. The highest BCUT2D eigenvalue weighted by Crippen LogP contribution is 2.24. The lowest BCUT2D eigenvalue weighted by Crippen LogP contribution is -2.36. The van der Waals surface area contributed by atoms with Gasteiger partial charge in [-0.15, -0.1) is 12.4 Å². The van der Waals surface area contributed by atoms with E-state index in [9.17, 15) is 4.79 Å². The summed E-state index contributed by atoms with van der Waals surface area (Å²) in [5, 5.41) is 8.08. The summed E-state index contributed by atoms with van der Waals surface area (Å²) in [6.45, 7) is 4.04. The van der Waals surface area contributed by atoms with Crippen molar-refractivity contribution in [1.29, 1.82) is 0 Å². The molecule has 2 saturated heterocycles. The maximum Gasteiger partial charge on any atom is 0.350 e. The lowest BCUT2D eigenvalue weighted by molar-refractivity contribution is -0.0950. The first-order valence-electron chi connectivity index (χ1n) is 8.98. The van der Waals surface area contributed by atoms with E-state index in [0.717, 1.165) is 37.4 Å². The third-order valence-corrected chi connectivity index (χ3v) is 4.84. The largest absolute Gasteiger partial charge is 0.376 e. The molecule has 142 valence electrons. The monoisotopic (exact) mass is 380 g/mol. The standard InChI is InChI=1S/C18H24N4O3.ClH/c23-18-21(12-16-13-24-10-11-25-16)20-17(14-6-8-19-9-7-14)22(18)15-4-2-1-3-5-15;/h1-5,14,16,19H,6-13H2;1H. The fourth-order valence-corrected chi connectivity index (χ4v) is 3.54. The van der Waals surface area contributed by atoms with Gasteiger partial charge in [-0.05, 0) is 38.1 Å². The molecule has 1 atom stereocenters. The van der Waals surface area contributed by atoms with Crippen molar-refractivity contribution in [3.63, 3.8) is 0 Å². The Labute approximate surface area is 158 Å². The lowest BCUT2D eigenvalue weighted by atomic mass is 9.97. The third-order valence-electron chi connectivity index (χ3n) is 4.84. The van der Waals surface area contributed by atoms with E-state index >= 15 is 0 Å². The second-order valence-electron chi connectivity index (χ2n) is 6.59. The summed E-state index contributed by atoms with van der Waals surface area (Å²) in [6.07, 6.45) is 1.87. The number of hydrogen-bond acceptors (Lipinski definition) is 5. The Balaban J connectivity index is 0.00000196. The van der Waals surface area contributed by atoms with E-state index in [1.54, 1.807) is 9.25 Å². The molecule has 0 amide bonds. The topological polar surface area (TPSA) is 70.3 Å². The van der Waals surface area contributed by atoms with Crippen LogP contribution in [0.1, 0.15) is 24.6 Å². The van der Waals surface area contributed by atoms with Crippen LogP contribution < -0.4 is 11.0 Å². The van der Waals surface area contributed by atoms with Crippen LogP contribution in [0.4, 0.5) is 0 Å². The quantitative estimate of drug-likeness (QED) is 0.866. The van der Waals surface area contributed by atoms with E-state index in [1.165, 1.54) is 0 Å². The maximum absolute atomic E-state index is 13.1. The first-order chi connectivity index (χ1) is 12.3. The Morgan fingerprint density at radius 3 is 2.62 bits per heavy atom. The zero-order valence-electron chi connectivity index (χ0n) is 14.7. The second-order valence-corrected chi connectivity index (χ2v) is 6.59. The van der Waals surface area contributed by atoms with Crippen LogP contribution in [0.15, 0.2) is 35.1 Å². The van der Waals surface area contributed by atoms with Gasteiger partial charge in [0.05, 0.1) is 32.1 Å². The van der Waals surface area contributed by atoms with Gasteiger partial charge in [-0.25, -0.2) is 14.0 Å². The fourth-order valence-electron chi connectivity index (χ4n) is 3.54. The van der Waals surface area contributed by atoms with Crippen molar-refractivity contribution in [2.45, 2.75) is 31.4 Å². The molecule has 2 fully saturated rings. The minimum atomic E-state index is -0.119. The summed E-state index contributed by atoms with van der Waals surface area (Å²) in [4.78, 5) is 13.1. The number of aromatic nitrogens is 3. The first kappa shape index (κ1) is 19.1. The van der Waals surface area contributed by atoms with Crippen LogP contribution >= 0.6 is 12.4 Å². The van der Waals surface area contributed by atoms with Crippen LogP contribution in [-0.2, 0) is 16.0 Å². The molecule has 0 aliphatic carbocycles. The number of halogens is 1. The minimum Gasteiger partial charge on any atom is -0.376 e. The summed E-state index contributed by atoms with van der Waals surface area (Å²) < 4.78 is 14.5. The Hall–Kier alpha value is -1.67. The van der Waals surface area contributed by atoms with Gasteiger partial charge in [-0.2, -0.15) is 5.10 Å². The van der Waals surface area contributed by atoms with Crippen molar-refractivity contribution in [2.75, 3.05) is 32.9 Å². The third kappa shape index (κ3) is 4.01. The molecule has 1 N–H and O–H groups in total. The lowest BCUT2D eigenvalue weighted by Gasteiger charge is -2.22. The number of benzene rings is 1. The van der Waals surface area contributed by atoms with Crippen LogP contribution in [0.3, 0.4) is 0 Å². The van der Waals surface area contributed by atoms with Gasteiger partial charge in [0.25, 0.3) is 0 Å². The van der Waals surface area contributed by atoms with Crippen molar-refractivity contribution >= 4 is 12.4 Å². The number of piperidine rings is 1. The normalized spacial score (nSPS) is 21.3. The fraction of sp³-hybridized carbons (Fsp3) is 0.556. The Kier molecular flexibility index (Phi) is 6.48. The number of rotatable bonds is 4.